The van der Waals surface area contributed by atoms with Gasteiger partial charge in [0.2, 0.25) is 0 Å². The van der Waals surface area contributed by atoms with E-state index in [1.807, 2.05) is 30.3 Å². The Morgan fingerprint density at radius 2 is 2.14 bits per heavy atom. The first-order valence-corrected chi connectivity index (χ1v) is 6.71. The van der Waals surface area contributed by atoms with Crippen LogP contribution in [-0.2, 0) is 20.0 Å². The molecule has 2 rings (SSSR count). The van der Waals surface area contributed by atoms with Crippen LogP contribution in [0.4, 0.5) is 4.79 Å². The summed E-state index contributed by atoms with van der Waals surface area (Å²) in [7, 11) is 1.76. The van der Waals surface area contributed by atoms with Gasteiger partial charge in [0.1, 0.15) is 12.2 Å². The van der Waals surface area contributed by atoms with Gasteiger partial charge in [-0.1, -0.05) is 30.3 Å². The second-order valence-electron chi connectivity index (χ2n) is 4.70. The van der Waals surface area contributed by atoms with Crippen LogP contribution in [0, 0.1) is 0 Å². The predicted molar refractivity (Wildman–Crippen MR) is 77.4 cm³/mol. The van der Waals surface area contributed by atoms with Gasteiger partial charge in [-0.2, -0.15) is 5.10 Å². The molecule has 0 saturated carbocycles. The van der Waals surface area contributed by atoms with Gasteiger partial charge in [0.25, 0.3) is 0 Å². The Balaban J connectivity index is 1.81. The van der Waals surface area contributed by atoms with Gasteiger partial charge in [0.15, 0.2) is 0 Å². The lowest BCUT2D eigenvalue weighted by atomic mass is 10.1. The van der Waals surface area contributed by atoms with Crippen LogP contribution < -0.4 is 10.6 Å². The van der Waals surface area contributed by atoms with Gasteiger partial charge in [0.05, 0.1) is 19.2 Å². The first kappa shape index (κ1) is 15.0. The molecule has 0 spiro atoms. The third-order valence-electron chi connectivity index (χ3n) is 3.09. The van der Waals surface area contributed by atoms with Crippen molar-refractivity contribution in [1.29, 1.82) is 0 Å². The van der Waals surface area contributed by atoms with Gasteiger partial charge >= 0.3 is 6.03 Å². The largest absolute Gasteiger partial charge is 0.394 e. The number of aliphatic hydroxyl groups is 1. The van der Waals surface area contributed by atoms with E-state index in [-0.39, 0.29) is 25.2 Å². The minimum atomic E-state index is -0.340. The lowest BCUT2D eigenvalue weighted by Crippen LogP contribution is -2.44. The number of amides is 2. The average molecular weight is 289 g/mol. The molecule has 0 aliphatic heterocycles. The van der Waals surface area contributed by atoms with Crippen molar-refractivity contribution in [3.8, 4) is 0 Å². The van der Waals surface area contributed by atoms with Crippen LogP contribution in [0.5, 0.6) is 0 Å². The van der Waals surface area contributed by atoms with Crippen LogP contribution >= 0.6 is 0 Å². The van der Waals surface area contributed by atoms with Crippen LogP contribution in [0.3, 0.4) is 0 Å². The number of urea groups is 1. The van der Waals surface area contributed by atoms with Crippen LogP contribution in [0.25, 0.3) is 0 Å². The minimum Gasteiger partial charge on any atom is -0.394 e. The lowest BCUT2D eigenvalue weighted by Gasteiger charge is -2.16. The smallest absolute Gasteiger partial charge is 0.315 e. The summed E-state index contributed by atoms with van der Waals surface area (Å²) in [5.74, 6) is 0.661. The van der Waals surface area contributed by atoms with E-state index in [9.17, 15) is 9.90 Å². The number of aromatic nitrogens is 3. The summed E-state index contributed by atoms with van der Waals surface area (Å²) >= 11 is 0. The Morgan fingerprint density at radius 3 is 2.76 bits per heavy atom. The summed E-state index contributed by atoms with van der Waals surface area (Å²) in [6, 6.07) is 9.04. The van der Waals surface area contributed by atoms with Gasteiger partial charge in [-0.3, -0.25) is 4.68 Å². The second-order valence-corrected chi connectivity index (χ2v) is 4.70. The Labute approximate surface area is 123 Å². The number of carbonyl (C=O) groups excluding carboxylic acids is 1. The molecule has 0 aliphatic rings. The van der Waals surface area contributed by atoms with Crippen molar-refractivity contribution in [3.05, 3.63) is 48.0 Å². The van der Waals surface area contributed by atoms with Gasteiger partial charge in [-0.05, 0) is 12.0 Å². The normalized spacial score (nSPS) is 11.9. The summed E-state index contributed by atoms with van der Waals surface area (Å²) in [4.78, 5) is 15.8. The molecule has 2 amide bonds. The number of nitrogens with zero attached hydrogens (tertiary/aromatic N) is 3. The fraction of sp³-hybridized carbons (Fsp3) is 0.357. The molecule has 7 heteroatoms. The van der Waals surface area contributed by atoms with E-state index in [1.54, 1.807) is 11.7 Å². The molecule has 7 nitrogen and oxygen atoms in total. The van der Waals surface area contributed by atoms with Crippen molar-refractivity contribution in [2.75, 3.05) is 6.61 Å². The van der Waals surface area contributed by atoms with Crippen LogP contribution in [0.15, 0.2) is 36.7 Å². The van der Waals surface area contributed by atoms with Crippen molar-refractivity contribution in [1.82, 2.24) is 25.4 Å². The Bertz CT molecular complexity index is 570. The lowest BCUT2D eigenvalue weighted by molar-refractivity contribution is 0.215. The fourth-order valence-corrected chi connectivity index (χ4v) is 1.94. The van der Waals surface area contributed by atoms with Gasteiger partial charge in [-0.25, -0.2) is 9.78 Å². The fourth-order valence-electron chi connectivity index (χ4n) is 1.94. The number of hydrogen-bond donors (Lipinski definition) is 3. The molecule has 0 saturated heterocycles. The number of aliphatic hydroxyl groups excluding tert-OH is 1. The number of benzene rings is 1. The molecule has 21 heavy (non-hydrogen) atoms. The maximum Gasteiger partial charge on any atom is 0.315 e. The molecule has 0 bridgehead atoms. The van der Waals surface area contributed by atoms with Crippen molar-refractivity contribution >= 4 is 6.03 Å². The molecule has 1 aromatic heterocycles. The predicted octanol–water partition coefficient (Wildman–Crippen LogP) is 0.218. The molecule has 1 unspecified atom stereocenters. The zero-order chi connectivity index (χ0) is 15.1. The van der Waals surface area contributed by atoms with Gasteiger partial charge < -0.3 is 15.7 Å². The molecule has 0 radical (unpaired) electrons. The molecule has 1 aromatic carbocycles. The third-order valence-corrected chi connectivity index (χ3v) is 3.09. The van der Waals surface area contributed by atoms with Crippen molar-refractivity contribution < 1.29 is 9.90 Å². The monoisotopic (exact) mass is 289 g/mol. The van der Waals surface area contributed by atoms with Crippen molar-refractivity contribution in [2.45, 2.75) is 19.0 Å². The van der Waals surface area contributed by atoms with E-state index in [4.69, 9.17) is 0 Å². The second kappa shape index (κ2) is 7.39. The first-order chi connectivity index (χ1) is 10.2. The molecule has 2 aromatic rings. The topological polar surface area (TPSA) is 92.1 Å². The van der Waals surface area contributed by atoms with Crippen LogP contribution in [-0.4, -0.2) is 38.6 Å². The quantitative estimate of drug-likeness (QED) is 0.709. The van der Waals surface area contributed by atoms with Crippen LogP contribution in [0.2, 0.25) is 0 Å². The van der Waals surface area contributed by atoms with E-state index >= 15 is 0 Å². The molecule has 0 aliphatic carbocycles. The Kier molecular flexibility index (Phi) is 5.28. The summed E-state index contributed by atoms with van der Waals surface area (Å²) in [5.41, 5.74) is 1.06. The van der Waals surface area contributed by atoms with Crippen molar-refractivity contribution in [3.63, 3.8) is 0 Å². The van der Waals surface area contributed by atoms with E-state index in [2.05, 4.69) is 20.7 Å². The summed E-state index contributed by atoms with van der Waals surface area (Å²) < 4.78 is 1.59. The highest BCUT2D eigenvalue weighted by Gasteiger charge is 2.12. The van der Waals surface area contributed by atoms with E-state index in [1.165, 1.54) is 6.33 Å². The Hall–Kier alpha value is -2.41. The number of nitrogens with one attached hydrogen (secondary N) is 2. The van der Waals surface area contributed by atoms with Gasteiger partial charge in [0, 0.05) is 7.05 Å². The number of hydrogen-bond acceptors (Lipinski definition) is 4. The molecule has 1 heterocycles. The molecular weight excluding hydrogens is 270 g/mol. The Morgan fingerprint density at radius 1 is 1.38 bits per heavy atom. The number of aryl methyl sites for hydroxylation is 1. The highest BCUT2D eigenvalue weighted by Crippen LogP contribution is 2.02. The number of rotatable bonds is 6. The van der Waals surface area contributed by atoms with E-state index in [0.29, 0.717) is 12.2 Å². The van der Waals surface area contributed by atoms with Crippen LogP contribution in [0.1, 0.15) is 11.4 Å². The van der Waals surface area contributed by atoms with Gasteiger partial charge in [-0.15, -0.1) is 0 Å². The average Bonchev–Trinajstić information content (AvgIpc) is 2.91. The number of carbonyl (C=O) groups is 1. The highest BCUT2D eigenvalue weighted by molar-refractivity contribution is 5.74. The van der Waals surface area contributed by atoms with E-state index in [0.717, 1.165) is 5.56 Å². The molecule has 0 fully saturated rings. The summed E-state index contributed by atoms with van der Waals surface area (Å²) in [5, 5.41) is 18.7. The highest BCUT2D eigenvalue weighted by atomic mass is 16.3. The summed E-state index contributed by atoms with van der Waals surface area (Å²) in [6.07, 6.45) is 2.01. The standard InChI is InChI=1S/C14H19N5O2/c1-19-13(16-10-17-19)8-15-14(21)18-12(9-20)7-11-5-3-2-4-6-11/h2-6,10,12,20H,7-9H2,1H3,(H2,15,18,21). The molecule has 3 N–H and O–H groups in total. The minimum absolute atomic E-state index is 0.119. The van der Waals surface area contributed by atoms with E-state index < -0.39 is 0 Å². The maximum absolute atomic E-state index is 11.8. The summed E-state index contributed by atoms with van der Waals surface area (Å²) in [6.45, 7) is 0.165. The maximum atomic E-state index is 11.8. The SMILES string of the molecule is Cn1ncnc1CNC(=O)NC(CO)Cc1ccccc1. The zero-order valence-corrected chi connectivity index (χ0v) is 11.9. The molecular formula is C14H19N5O2. The molecule has 1 atom stereocenters. The molecule has 112 valence electrons. The first-order valence-electron chi connectivity index (χ1n) is 6.71. The third kappa shape index (κ3) is 4.57. The zero-order valence-electron chi connectivity index (χ0n) is 11.9. The van der Waals surface area contributed by atoms with Crippen molar-refractivity contribution in [2.24, 2.45) is 7.05 Å².